The van der Waals surface area contributed by atoms with Crippen molar-refractivity contribution in [2.75, 3.05) is 13.1 Å². The van der Waals surface area contributed by atoms with Crippen LogP contribution in [0.15, 0.2) is 24.3 Å². The Balaban J connectivity index is 1.77. The van der Waals surface area contributed by atoms with Crippen molar-refractivity contribution in [2.24, 2.45) is 0 Å². The minimum absolute atomic E-state index is 0.0288. The molecule has 4 nitrogen and oxygen atoms in total. The van der Waals surface area contributed by atoms with Gasteiger partial charge < -0.3 is 10.2 Å². The van der Waals surface area contributed by atoms with Crippen molar-refractivity contribution in [3.8, 4) is 0 Å². The van der Waals surface area contributed by atoms with Crippen LogP contribution in [0.5, 0.6) is 0 Å². The van der Waals surface area contributed by atoms with Crippen molar-refractivity contribution >= 4 is 35.0 Å². The maximum atomic E-state index is 12.8. The van der Waals surface area contributed by atoms with E-state index in [1.165, 1.54) is 12.1 Å². The Bertz CT molecular complexity index is 529. The second kappa shape index (κ2) is 7.79. The summed E-state index contributed by atoms with van der Waals surface area (Å²) in [5.74, 6) is -0.721. The SMILES string of the molecule is O=C(Cc1ccc(F)cc1)NC1CCN(C(=O)C(Cl)Cl)CC1. The number of benzene rings is 1. The molecule has 0 aliphatic carbocycles. The van der Waals surface area contributed by atoms with Crippen LogP contribution in [0.4, 0.5) is 4.39 Å². The molecule has 0 atom stereocenters. The monoisotopic (exact) mass is 346 g/mol. The lowest BCUT2D eigenvalue weighted by Gasteiger charge is -2.32. The third-order valence-corrected chi connectivity index (χ3v) is 4.01. The fraction of sp³-hybridized carbons (Fsp3) is 0.467. The van der Waals surface area contributed by atoms with Crippen LogP contribution in [0.1, 0.15) is 18.4 Å². The number of amides is 2. The van der Waals surface area contributed by atoms with Gasteiger partial charge in [-0.05, 0) is 30.5 Å². The van der Waals surface area contributed by atoms with Crippen molar-refractivity contribution < 1.29 is 14.0 Å². The Kier molecular flexibility index (Phi) is 6.03. The van der Waals surface area contributed by atoms with Crippen molar-refractivity contribution in [1.29, 1.82) is 0 Å². The number of hydrogen-bond acceptors (Lipinski definition) is 2. The van der Waals surface area contributed by atoms with Crippen LogP contribution in [-0.2, 0) is 16.0 Å². The van der Waals surface area contributed by atoms with Gasteiger partial charge in [0.1, 0.15) is 5.82 Å². The number of nitrogens with one attached hydrogen (secondary N) is 1. The molecular formula is C15H17Cl2FN2O2. The number of nitrogens with zero attached hydrogens (tertiary/aromatic N) is 1. The Morgan fingerprint density at radius 3 is 2.36 bits per heavy atom. The van der Waals surface area contributed by atoms with E-state index in [-0.39, 0.29) is 30.1 Å². The molecule has 0 bridgehead atoms. The van der Waals surface area contributed by atoms with Crippen molar-refractivity contribution in [2.45, 2.75) is 30.1 Å². The minimum atomic E-state index is -1.04. The second-order valence-corrected chi connectivity index (χ2v) is 6.37. The fourth-order valence-corrected chi connectivity index (χ4v) is 2.72. The maximum Gasteiger partial charge on any atom is 0.255 e. The molecule has 7 heteroatoms. The molecule has 1 aromatic rings. The maximum absolute atomic E-state index is 12.8. The minimum Gasteiger partial charge on any atom is -0.353 e. The van der Waals surface area contributed by atoms with E-state index < -0.39 is 4.84 Å². The number of piperidine rings is 1. The quantitative estimate of drug-likeness (QED) is 0.850. The van der Waals surface area contributed by atoms with E-state index in [2.05, 4.69) is 5.32 Å². The molecule has 1 fully saturated rings. The molecule has 120 valence electrons. The third kappa shape index (κ3) is 4.85. The number of rotatable bonds is 4. The Labute approximate surface area is 138 Å². The van der Waals surface area contributed by atoms with E-state index in [1.54, 1.807) is 17.0 Å². The average Bonchev–Trinajstić information content (AvgIpc) is 2.49. The summed E-state index contributed by atoms with van der Waals surface area (Å²) in [6.45, 7) is 1.05. The number of alkyl halides is 2. The predicted molar refractivity (Wildman–Crippen MR) is 83.3 cm³/mol. The number of carbonyl (C=O) groups is 2. The average molecular weight is 347 g/mol. The summed E-state index contributed by atoms with van der Waals surface area (Å²) in [7, 11) is 0. The first-order valence-corrected chi connectivity index (χ1v) is 7.93. The van der Waals surface area contributed by atoms with Gasteiger partial charge in [-0.2, -0.15) is 0 Å². The summed E-state index contributed by atoms with van der Waals surface area (Å²) in [5.41, 5.74) is 0.763. The number of likely N-dealkylation sites (tertiary alicyclic amines) is 1. The summed E-state index contributed by atoms with van der Waals surface area (Å²) < 4.78 is 12.8. The fourth-order valence-electron chi connectivity index (χ4n) is 2.45. The lowest BCUT2D eigenvalue weighted by molar-refractivity contribution is -0.130. The number of carbonyl (C=O) groups excluding carboxylic acids is 2. The predicted octanol–water partition coefficient (Wildman–Crippen LogP) is 2.28. The zero-order chi connectivity index (χ0) is 16.1. The van der Waals surface area contributed by atoms with Crippen LogP contribution in [0.3, 0.4) is 0 Å². The Morgan fingerprint density at radius 2 is 1.82 bits per heavy atom. The van der Waals surface area contributed by atoms with Crippen LogP contribution in [0.25, 0.3) is 0 Å². The van der Waals surface area contributed by atoms with Gasteiger partial charge in [-0.1, -0.05) is 35.3 Å². The first kappa shape index (κ1) is 17.0. The molecule has 0 saturated carbocycles. The molecule has 0 unspecified atom stereocenters. The van der Waals surface area contributed by atoms with Gasteiger partial charge in [-0.3, -0.25) is 9.59 Å². The lowest BCUT2D eigenvalue weighted by atomic mass is 10.0. The zero-order valence-electron chi connectivity index (χ0n) is 11.9. The van der Waals surface area contributed by atoms with E-state index in [0.29, 0.717) is 25.9 Å². The van der Waals surface area contributed by atoms with E-state index in [4.69, 9.17) is 23.2 Å². The van der Waals surface area contributed by atoms with Gasteiger partial charge in [0, 0.05) is 19.1 Å². The molecule has 1 saturated heterocycles. The molecule has 1 N–H and O–H groups in total. The van der Waals surface area contributed by atoms with Gasteiger partial charge in [-0.15, -0.1) is 0 Å². The van der Waals surface area contributed by atoms with E-state index in [1.807, 2.05) is 0 Å². The first-order chi connectivity index (χ1) is 10.5. The number of hydrogen-bond donors (Lipinski definition) is 1. The van der Waals surface area contributed by atoms with Gasteiger partial charge in [-0.25, -0.2) is 4.39 Å². The molecule has 22 heavy (non-hydrogen) atoms. The highest BCUT2D eigenvalue weighted by atomic mass is 35.5. The van der Waals surface area contributed by atoms with E-state index >= 15 is 0 Å². The molecule has 0 aromatic heterocycles. The molecule has 2 rings (SSSR count). The Morgan fingerprint density at radius 1 is 1.23 bits per heavy atom. The van der Waals surface area contributed by atoms with Crippen molar-refractivity contribution in [1.82, 2.24) is 10.2 Å². The van der Waals surface area contributed by atoms with Crippen LogP contribution in [0, 0.1) is 5.82 Å². The summed E-state index contributed by atoms with van der Waals surface area (Å²) in [5, 5.41) is 2.93. The molecule has 1 aliphatic heterocycles. The van der Waals surface area contributed by atoms with E-state index in [0.717, 1.165) is 5.56 Å². The second-order valence-electron chi connectivity index (χ2n) is 5.27. The highest BCUT2D eigenvalue weighted by Crippen LogP contribution is 2.15. The molecule has 1 aliphatic rings. The third-order valence-electron chi connectivity index (χ3n) is 3.64. The van der Waals surface area contributed by atoms with E-state index in [9.17, 15) is 14.0 Å². The van der Waals surface area contributed by atoms with Gasteiger partial charge in [0.2, 0.25) is 5.91 Å². The normalized spacial score (nSPS) is 15.9. The summed E-state index contributed by atoms with van der Waals surface area (Å²) >= 11 is 11.1. The summed E-state index contributed by atoms with van der Waals surface area (Å²) in [6.07, 6.45) is 1.55. The van der Waals surface area contributed by atoms with Crippen LogP contribution >= 0.6 is 23.2 Å². The highest BCUT2D eigenvalue weighted by Gasteiger charge is 2.26. The van der Waals surface area contributed by atoms with Crippen LogP contribution in [0.2, 0.25) is 0 Å². The molecule has 1 heterocycles. The smallest absolute Gasteiger partial charge is 0.255 e. The molecular weight excluding hydrogens is 330 g/mol. The molecule has 0 radical (unpaired) electrons. The van der Waals surface area contributed by atoms with Gasteiger partial charge in [0.15, 0.2) is 4.84 Å². The number of halogens is 3. The summed E-state index contributed by atoms with van der Waals surface area (Å²) in [4.78, 5) is 24.2. The largest absolute Gasteiger partial charge is 0.353 e. The van der Waals surface area contributed by atoms with Crippen molar-refractivity contribution in [3.05, 3.63) is 35.6 Å². The van der Waals surface area contributed by atoms with Gasteiger partial charge >= 0.3 is 0 Å². The Hall–Kier alpha value is -1.33. The standard InChI is InChI=1S/C15H17Cl2FN2O2/c16-14(17)15(22)20-7-5-12(6-8-20)19-13(21)9-10-1-3-11(18)4-2-10/h1-4,12,14H,5-9H2,(H,19,21). The molecule has 2 amide bonds. The first-order valence-electron chi connectivity index (χ1n) is 7.06. The van der Waals surface area contributed by atoms with Crippen LogP contribution in [-0.4, -0.2) is 40.7 Å². The topological polar surface area (TPSA) is 49.4 Å². The zero-order valence-corrected chi connectivity index (χ0v) is 13.4. The lowest BCUT2D eigenvalue weighted by Crippen LogP contribution is -2.48. The molecule has 0 spiro atoms. The van der Waals surface area contributed by atoms with Crippen LogP contribution < -0.4 is 5.32 Å². The van der Waals surface area contributed by atoms with Crippen molar-refractivity contribution in [3.63, 3.8) is 0 Å². The highest BCUT2D eigenvalue weighted by molar-refractivity contribution is 6.53. The summed E-state index contributed by atoms with van der Waals surface area (Å²) in [6, 6.07) is 5.89. The van der Waals surface area contributed by atoms with Gasteiger partial charge in [0.05, 0.1) is 6.42 Å². The molecule has 1 aromatic carbocycles. The van der Waals surface area contributed by atoms with Gasteiger partial charge in [0.25, 0.3) is 5.91 Å².